The molecule has 0 atom stereocenters. The summed E-state index contributed by atoms with van der Waals surface area (Å²) in [6.45, 7) is 2.70. The van der Waals surface area contributed by atoms with Crippen LogP contribution in [0, 0.1) is 6.92 Å². The van der Waals surface area contributed by atoms with Crippen LogP contribution in [0.2, 0.25) is 0 Å². The number of amides is 1. The fraction of sp³-hybridized carbons (Fsp3) is 0.417. The average Bonchev–Trinajstić information content (AvgIpc) is 2.28. The first kappa shape index (κ1) is 12.9. The van der Waals surface area contributed by atoms with Crippen molar-refractivity contribution in [2.75, 3.05) is 31.3 Å². The molecule has 0 radical (unpaired) electrons. The van der Waals surface area contributed by atoms with Crippen molar-refractivity contribution in [3.63, 3.8) is 0 Å². The van der Waals surface area contributed by atoms with Gasteiger partial charge in [0, 0.05) is 25.0 Å². The zero-order chi connectivity index (χ0) is 12.1. The number of benzene rings is 1. The molecule has 0 aliphatic rings. The van der Waals surface area contributed by atoms with Gasteiger partial charge in [0.2, 0.25) is 0 Å². The molecule has 4 heteroatoms. The lowest BCUT2D eigenvalue weighted by atomic mass is 10.1. The molecule has 88 valence electrons. The molecule has 0 fully saturated rings. The van der Waals surface area contributed by atoms with E-state index in [1.165, 1.54) is 0 Å². The van der Waals surface area contributed by atoms with Crippen LogP contribution < -0.4 is 5.73 Å². The molecule has 16 heavy (non-hydrogen) atoms. The molecule has 1 amide bonds. The first-order chi connectivity index (χ1) is 7.56. The Balaban J connectivity index is 2.83. The van der Waals surface area contributed by atoms with Gasteiger partial charge in [0.25, 0.3) is 5.91 Å². The van der Waals surface area contributed by atoms with Crippen molar-refractivity contribution < 1.29 is 4.79 Å². The Morgan fingerprint density at radius 1 is 1.50 bits per heavy atom. The van der Waals surface area contributed by atoms with Gasteiger partial charge in [0.15, 0.2) is 0 Å². The van der Waals surface area contributed by atoms with E-state index in [4.69, 9.17) is 5.73 Å². The Morgan fingerprint density at radius 3 is 2.81 bits per heavy atom. The number of aryl methyl sites for hydroxylation is 1. The number of rotatable bonds is 4. The van der Waals surface area contributed by atoms with Crippen LogP contribution in [0.25, 0.3) is 0 Å². The van der Waals surface area contributed by atoms with E-state index in [0.29, 0.717) is 11.3 Å². The zero-order valence-electron chi connectivity index (χ0n) is 9.99. The summed E-state index contributed by atoms with van der Waals surface area (Å²) in [7, 11) is 1.81. The van der Waals surface area contributed by atoms with E-state index >= 15 is 0 Å². The van der Waals surface area contributed by atoms with E-state index in [1.807, 2.05) is 25.3 Å². The summed E-state index contributed by atoms with van der Waals surface area (Å²) in [6, 6.07) is 5.53. The standard InChI is InChI=1S/C12H18N2OS/c1-9-4-5-11(13)10(8-9)12(15)14(2)6-7-16-3/h4-5,8H,6-7,13H2,1-3H3. The lowest BCUT2D eigenvalue weighted by molar-refractivity contribution is 0.0804. The molecular weight excluding hydrogens is 220 g/mol. The van der Waals surface area contributed by atoms with Gasteiger partial charge in [-0.15, -0.1) is 0 Å². The third-order valence-corrected chi connectivity index (χ3v) is 3.01. The van der Waals surface area contributed by atoms with E-state index in [2.05, 4.69) is 0 Å². The highest BCUT2D eigenvalue weighted by Crippen LogP contribution is 2.15. The topological polar surface area (TPSA) is 46.3 Å². The summed E-state index contributed by atoms with van der Waals surface area (Å²) in [4.78, 5) is 13.8. The van der Waals surface area contributed by atoms with Gasteiger partial charge in [-0.1, -0.05) is 11.6 Å². The van der Waals surface area contributed by atoms with E-state index in [1.54, 1.807) is 29.8 Å². The lowest BCUT2D eigenvalue weighted by Gasteiger charge is -2.17. The third kappa shape index (κ3) is 3.17. The summed E-state index contributed by atoms with van der Waals surface area (Å²) >= 11 is 1.72. The molecule has 1 aromatic rings. The van der Waals surface area contributed by atoms with Crippen molar-refractivity contribution in [1.29, 1.82) is 0 Å². The van der Waals surface area contributed by atoms with E-state index < -0.39 is 0 Å². The number of carbonyl (C=O) groups is 1. The van der Waals surface area contributed by atoms with Crippen molar-refractivity contribution in [2.45, 2.75) is 6.92 Å². The quantitative estimate of drug-likeness (QED) is 0.816. The Kier molecular flexibility index (Phi) is 4.68. The normalized spacial score (nSPS) is 10.2. The van der Waals surface area contributed by atoms with Crippen LogP contribution in [0.5, 0.6) is 0 Å². The maximum absolute atomic E-state index is 12.1. The highest BCUT2D eigenvalue weighted by atomic mass is 32.2. The number of anilines is 1. The predicted octanol–water partition coefficient (Wildman–Crippen LogP) is 2.01. The first-order valence-corrected chi connectivity index (χ1v) is 6.56. The molecule has 2 N–H and O–H groups in total. The van der Waals surface area contributed by atoms with Crippen LogP contribution in [0.1, 0.15) is 15.9 Å². The van der Waals surface area contributed by atoms with Gasteiger partial charge in [-0.3, -0.25) is 4.79 Å². The highest BCUT2D eigenvalue weighted by molar-refractivity contribution is 7.98. The maximum Gasteiger partial charge on any atom is 0.255 e. The zero-order valence-corrected chi connectivity index (χ0v) is 10.8. The second kappa shape index (κ2) is 5.80. The fourth-order valence-corrected chi connectivity index (χ4v) is 1.85. The Hall–Kier alpha value is -1.16. The molecule has 0 bridgehead atoms. The SMILES string of the molecule is CSCCN(C)C(=O)c1cc(C)ccc1N. The van der Waals surface area contributed by atoms with Gasteiger partial charge in [0.1, 0.15) is 0 Å². The van der Waals surface area contributed by atoms with Crippen LogP contribution in [0.15, 0.2) is 18.2 Å². The van der Waals surface area contributed by atoms with E-state index in [9.17, 15) is 4.79 Å². The van der Waals surface area contributed by atoms with Crippen molar-refractivity contribution in [1.82, 2.24) is 4.90 Å². The Bertz CT molecular complexity index is 379. The first-order valence-electron chi connectivity index (χ1n) is 5.16. The minimum absolute atomic E-state index is 0.00440. The highest BCUT2D eigenvalue weighted by Gasteiger charge is 2.14. The molecular formula is C12H18N2OS. The minimum atomic E-state index is -0.00440. The lowest BCUT2D eigenvalue weighted by Crippen LogP contribution is -2.29. The molecule has 0 aromatic heterocycles. The van der Waals surface area contributed by atoms with Gasteiger partial charge in [-0.05, 0) is 25.3 Å². The van der Waals surface area contributed by atoms with Crippen LogP contribution in [-0.4, -0.2) is 36.4 Å². The molecule has 0 unspecified atom stereocenters. The largest absolute Gasteiger partial charge is 0.398 e. The third-order valence-electron chi connectivity index (χ3n) is 2.42. The average molecular weight is 238 g/mol. The predicted molar refractivity (Wildman–Crippen MR) is 70.9 cm³/mol. The molecule has 0 saturated heterocycles. The van der Waals surface area contributed by atoms with E-state index in [-0.39, 0.29) is 5.91 Å². The van der Waals surface area contributed by atoms with Gasteiger partial charge in [-0.2, -0.15) is 11.8 Å². The summed E-state index contributed by atoms with van der Waals surface area (Å²) < 4.78 is 0. The van der Waals surface area contributed by atoms with Crippen LogP contribution in [0.3, 0.4) is 0 Å². The monoisotopic (exact) mass is 238 g/mol. The van der Waals surface area contributed by atoms with Crippen molar-refractivity contribution in [3.8, 4) is 0 Å². The van der Waals surface area contributed by atoms with Crippen molar-refractivity contribution in [2.24, 2.45) is 0 Å². The molecule has 1 aromatic carbocycles. The summed E-state index contributed by atoms with van der Waals surface area (Å²) in [5, 5.41) is 0. The molecule has 3 nitrogen and oxygen atoms in total. The number of hydrogen-bond acceptors (Lipinski definition) is 3. The van der Waals surface area contributed by atoms with Gasteiger partial charge in [0.05, 0.1) is 5.56 Å². The molecule has 0 heterocycles. The molecule has 0 spiro atoms. The molecule has 1 rings (SSSR count). The van der Waals surface area contributed by atoms with Crippen LogP contribution in [0.4, 0.5) is 5.69 Å². The summed E-state index contributed by atoms with van der Waals surface area (Å²) in [6.07, 6.45) is 2.03. The summed E-state index contributed by atoms with van der Waals surface area (Å²) in [5.41, 5.74) is 8.00. The maximum atomic E-state index is 12.1. The fourth-order valence-electron chi connectivity index (χ4n) is 1.39. The van der Waals surface area contributed by atoms with Gasteiger partial charge in [-0.25, -0.2) is 0 Å². The Labute approximate surface area is 101 Å². The number of nitrogens with two attached hydrogens (primary N) is 1. The number of thioether (sulfide) groups is 1. The number of hydrogen-bond donors (Lipinski definition) is 1. The summed E-state index contributed by atoms with van der Waals surface area (Å²) in [5.74, 6) is 0.934. The molecule has 0 aliphatic heterocycles. The van der Waals surface area contributed by atoms with Crippen molar-refractivity contribution in [3.05, 3.63) is 29.3 Å². The number of nitrogens with zero attached hydrogens (tertiary/aromatic N) is 1. The molecule has 0 aliphatic carbocycles. The molecule has 0 saturated carbocycles. The van der Waals surface area contributed by atoms with Crippen LogP contribution >= 0.6 is 11.8 Å². The second-order valence-corrected chi connectivity index (χ2v) is 4.80. The number of carbonyl (C=O) groups excluding carboxylic acids is 1. The van der Waals surface area contributed by atoms with Gasteiger partial charge < -0.3 is 10.6 Å². The second-order valence-electron chi connectivity index (χ2n) is 3.81. The Morgan fingerprint density at radius 2 is 2.19 bits per heavy atom. The number of nitrogen functional groups attached to an aromatic ring is 1. The van der Waals surface area contributed by atoms with Gasteiger partial charge >= 0.3 is 0 Å². The van der Waals surface area contributed by atoms with Crippen molar-refractivity contribution >= 4 is 23.4 Å². The van der Waals surface area contributed by atoms with E-state index in [0.717, 1.165) is 17.9 Å². The smallest absolute Gasteiger partial charge is 0.255 e. The van der Waals surface area contributed by atoms with Crippen LogP contribution in [-0.2, 0) is 0 Å². The minimum Gasteiger partial charge on any atom is -0.398 e.